The zero-order valence-electron chi connectivity index (χ0n) is 21.6. The lowest BCUT2D eigenvalue weighted by molar-refractivity contribution is -0.131. The van der Waals surface area contributed by atoms with Crippen LogP contribution in [0.5, 0.6) is 5.75 Å². The molecule has 7 nitrogen and oxygen atoms in total. The van der Waals surface area contributed by atoms with E-state index in [1.54, 1.807) is 42.5 Å². The summed E-state index contributed by atoms with van der Waals surface area (Å²) in [4.78, 5) is 23.7. The van der Waals surface area contributed by atoms with Gasteiger partial charge in [-0.05, 0) is 86.7 Å². The fourth-order valence-corrected chi connectivity index (χ4v) is 4.47. The molecule has 3 rings (SSSR count). The van der Waals surface area contributed by atoms with E-state index >= 15 is 0 Å². The van der Waals surface area contributed by atoms with Crippen molar-refractivity contribution in [2.24, 2.45) is 0 Å². The molecule has 0 saturated carbocycles. The third-order valence-corrected chi connectivity index (χ3v) is 6.90. The highest BCUT2D eigenvalue weighted by Gasteiger charge is 2.16. The van der Waals surface area contributed by atoms with Crippen LogP contribution in [-0.4, -0.2) is 25.4 Å². The van der Waals surface area contributed by atoms with Crippen molar-refractivity contribution in [3.05, 3.63) is 107 Å². The number of aliphatic carboxylic acids is 1. The van der Waals surface area contributed by atoms with E-state index < -0.39 is 16.1 Å². The van der Waals surface area contributed by atoms with Crippen LogP contribution in [0.2, 0.25) is 0 Å². The van der Waals surface area contributed by atoms with Crippen LogP contribution in [0.3, 0.4) is 0 Å². The van der Waals surface area contributed by atoms with Crippen LogP contribution in [0.25, 0.3) is 6.08 Å². The van der Waals surface area contributed by atoms with Gasteiger partial charge in [-0.15, -0.1) is 0 Å². The number of carbonyl (C=O) groups is 2. The number of allylic oxidation sites excluding steroid dienone is 2. The van der Waals surface area contributed by atoms with Crippen LogP contribution in [0.1, 0.15) is 42.5 Å². The van der Waals surface area contributed by atoms with Crippen LogP contribution >= 0.6 is 0 Å². The Hall–Kier alpha value is -4.17. The molecular formula is C30H31NO6S. The zero-order valence-corrected chi connectivity index (χ0v) is 22.4. The Bertz CT molecular complexity index is 1450. The van der Waals surface area contributed by atoms with Gasteiger partial charge in [0.05, 0.1) is 0 Å². The molecule has 0 aliphatic carbocycles. The average Bonchev–Trinajstić information content (AvgIpc) is 2.86. The number of hydrogen-bond donors (Lipinski definition) is 2. The Kier molecular flexibility index (Phi) is 9.62. The Morgan fingerprint density at radius 3 is 2.29 bits per heavy atom. The third kappa shape index (κ3) is 8.74. The molecule has 0 atom stereocenters. The van der Waals surface area contributed by atoms with Crippen LogP contribution < -0.4 is 9.50 Å². The molecule has 38 heavy (non-hydrogen) atoms. The summed E-state index contributed by atoms with van der Waals surface area (Å²) in [7, 11) is -3.94. The summed E-state index contributed by atoms with van der Waals surface area (Å²) in [5.41, 5.74) is 5.16. The second-order valence-corrected chi connectivity index (χ2v) is 10.7. The molecule has 0 spiro atoms. The van der Waals surface area contributed by atoms with E-state index in [0.29, 0.717) is 24.1 Å². The number of benzene rings is 3. The Balaban J connectivity index is 1.64. The molecule has 3 aromatic carbocycles. The minimum Gasteiger partial charge on any atom is -0.478 e. The SMILES string of the molecule is CC(C)=CCc1ccc(/C=C/C(=O)O)cc1NC(=O)CCc1ccc(OS(=O)(=O)c2ccc(C)cc2)cc1. The first-order valence-corrected chi connectivity index (χ1v) is 13.5. The summed E-state index contributed by atoms with van der Waals surface area (Å²) >= 11 is 0. The summed E-state index contributed by atoms with van der Waals surface area (Å²) in [6, 6.07) is 18.4. The van der Waals surface area contributed by atoms with Gasteiger partial charge in [-0.3, -0.25) is 4.79 Å². The highest BCUT2D eigenvalue weighted by Crippen LogP contribution is 2.22. The van der Waals surface area contributed by atoms with E-state index in [-0.39, 0.29) is 23.0 Å². The number of aryl methyl sites for hydroxylation is 2. The van der Waals surface area contributed by atoms with E-state index in [1.807, 2.05) is 32.9 Å². The molecule has 0 aliphatic rings. The van der Waals surface area contributed by atoms with Crippen molar-refractivity contribution in [2.45, 2.75) is 44.9 Å². The molecule has 0 aliphatic heterocycles. The van der Waals surface area contributed by atoms with Gasteiger partial charge in [-0.25, -0.2) is 4.79 Å². The van der Waals surface area contributed by atoms with Gasteiger partial charge in [0.1, 0.15) is 10.6 Å². The fourth-order valence-electron chi connectivity index (χ4n) is 3.54. The smallest absolute Gasteiger partial charge is 0.339 e. The van der Waals surface area contributed by atoms with E-state index in [1.165, 1.54) is 18.2 Å². The molecule has 1 amide bonds. The monoisotopic (exact) mass is 533 g/mol. The van der Waals surface area contributed by atoms with Crippen molar-refractivity contribution in [3.63, 3.8) is 0 Å². The molecule has 0 saturated heterocycles. The maximum Gasteiger partial charge on any atom is 0.339 e. The second kappa shape index (κ2) is 12.9. The van der Waals surface area contributed by atoms with Crippen molar-refractivity contribution >= 4 is 33.8 Å². The summed E-state index contributed by atoms with van der Waals surface area (Å²) in [5.74, 6) is -1.05. The topological polar surface area (TPSA) is 110 Å². The molecule has 0 fully saturated rings. The highest BCUT2D eigenvalue weighted by atomic mass is 32.2. The molecule has 3 aromatic rings. The standard InChI is InChI=1S/C30H31NO6S/c1-21(2)4-12-25-13-7-24(11-19-30(33)34)20-28(25)31-29(32)18-10-23-8-14-26(15-9-23)37-38(35,36)27-16-5-22(3)6-17-27/h4-9,11,13-17,19-20H,10,12,18H2,1-3H3,(H,31,32)(H,33,34)/b19-11+. The van der Waals surface area contributed by atoms with Gasteiger partial charge in [0.15, 0.2) is 0 Å². The lowest BCUT2D eigenvalue weighted by Gasteiger charge is -2.12. The number of amides is 1. The second-order valence-electron chi connectivity index (χ2n) is 9.12. The summed E-state index contributed by atoms with van der Waals surface area (Å²) in [5, 5.41) is 11.8. The van der Waals surface area contributed by atoms with Gasteiger partial charge in [-0.1, -0.05) is 53.6 Å². The lowest BCUT2D eigenvalue weighted by atomic mass is 10.0. The molecule has 0 aromatic heterocycles. The van der Waals surface area contributed by atoms with Crippen molar-refractivity contribution < 1.29 is 27.3 Å². The van der Waals surface area contributed by atoms with Crippen LogP contribution in [0.4, 0.5) is 5.69 Å². The average molecular weight is 534 g/mol. The van der Waals surface area contributed by atoms with E-state index in [2.05, 4.69) is 11.4 Å². The maximum atomic E-state index is 12.7. The molecule has 198 valence electrons. The van der Waals surface area contributed by atoms with E-state index in [4.69, 9.17) is 9.29 Å². The van der Waals surface area contributed by atoms with Gasteiger partial charge >= 0.3 is 16.1 Å². The fraction of sp³-hybridized carbons (Fsp3) is 0.200. The number of carboxylic acids is 1. The third-order valence-electron chi connectivity index (χ3n) is 5.64. The summed E-state index contributed by atoms with van der Waals surface area (Å²) < 4.78 is 30.2. The van der Waals surface area contributed by atoms with E-state index in [0.717, 1.165) is 28.3 Å². The van der Waals surface area contributed by atoms with Crippen LogP contribution in [0, 0.1) is 6.92 Å². The molecule has 0 heterocycles. The number of carbonyl (C=O) groups excluding carboxylic acids is 1. The van der Waals surface area contributed by atoms with Crippen LogP contribution in [-0.2, 0) is 32.5 Å². The molecular weight excluding hydrogens is 502 g/mol. The van der Waals surface area contributed by atoms with Crippen molar-refractivity contribution in [3.8, 4) is 5.75 Å². The largest absolute Gasteiger partial charge is 0.478 e. The molecule has 8 heteroatoms. The summed E-state index contributed by atoms with van der Waals surface area (Å²) in [6.07, 6.45) is 5.87. The molecule has 0 unspecified atom stereocenters. The number of carboxylic acid groups (broad SMARTS) is 1. The van der Waals surface area contributed by atoms with Gasteiger partial charge < -0.3 is 14.6 Å². The highest BCUT2D eigenvalue weighted by molar-refractivity contribution is 7.87. The maximum absolute atomic E-state index is 12.7. The van der Waals surface area contributed by atoms with Gasteiger partial charge in [0.25, 0.3) is 0 Å². The minimum atomic E-state index is -3.94. The van der Waals surface area contributed by atoms with Gasteiger partial charge in [0.2, 0.25) is 5.91 Å². The van der Waals surface area contributed by atoms with Gasteiger partial charge in [-0.2, -0.15) is 8.42 Å². The Morgan fingerprint density at radius 1 is 0.974 bits per heavy atom. The number of rotatable bonds is 11. The Morgan fingerprint density at radius 2 is 1.66 bits per heavy atom. The van der Waals surface area contributed by atoms with Gasteiger partial charge in [0, 0.05) is 18.2 Å². The number of nitrogens with one attached hydrogen (secondary N) is 1. The molecule has 0 radical (unpaired) electrons. The Labute approximate surface area is 223 Å². The lowest BCUT2D eigenvalue weighted by Crippen LogP contribution is -2.14. The van der Waals surface area contributed by atoms with E-state index in [9.17, 15) is 18.0 Å². The zero-order chi connectivity index (χ0) is 27.7. The normalized spacial score (nSPS) is 11.2. The quantitative estimate of drug-likeness (QED) is 0.179. The molecule has 2 N–H and O–H groups in total. The van der Waals surface area contributed by atoms with Crippen molar-refractivity contribution in [1.29, 1.82) is 0 Å². The van der Waals surface area contributed by atoms with Crippen molar-refractivity contribution in [1.82, 2.24) is 0 Å². The first-order chi connectivity index (χ1) is 18.0. The first-order valence-electron chi connectivity index (χ1n) is 12.1. The van der Waals surface area contributed by atoms with Crippen LogP contribution in [0.15, 0.2) is 89.4 Å². The number of hydrogen-bond acceptors (Lipinski definition) is 5. The summed E-state index contributed by atoms with van der Waals surface area (Å²) in [6.45, 7) is 5.86. The minimum absolute atomic E-state index is 0.0790. The molecule has 0 bridgehead atoms. The first kappa shape index (κ1) is 28.4. The number of anilines is 1. The van der Waals surface area contributed by atoms with Crippen molar-refractivity contribution in [2.75, 3.05) is 5.32 Å². The predicted octanol–water partition coefficient (Wildman–Crippen LogP) is 5.94. The predicted molar refractivity (Wildman–Crippen MR) is 149 cm³/mol.